The number of nitrogens with zero attached hydrogens (tertiary/aromatic N) is 5. The van der Waals surface area contributed by atoms with E-state index in [0.717, 1.165) is 6.26 Å². The van der Waals surface area contributed by atoms with Crippen LogP contribution in [0.15, 0.2) is 91.4 Å². The van der Waals surface area contributed by atoms with Crippen molar-refractivity contribution in [1.82, 2.24) is 39.8 Å². The van der Waals surface area contributed by atoms with Crippen molar-refractivity contribution in [3.63, 3.8) is 0 Å². The molecule has 46 heavy (non-hydrogen) atoms. The summed E-state index contributed by atoms with van der Waals surface area (Å²) in [4.78, 5) is 34.2. The first-order valence-electron chi connectivity index (χ1n) is 14.0. The zero-order valence-electron chi connectivity index (χ0n) is 24.1. The SMILES string of the molecule is CS(=O)(=O)NCc1cc(F)cc(-c2ccnc3[nH]c(-c4n[nH]c5ccc(-c6cncc(NC(=O)c7ccccc7)c6)nc45)nc23)c1. The molecule has 7 aromatic rings. The number of carbonyl (C=O) groups excluding carboxylic acids is 1. The molecular weight excluding hydrogens is 609 g/mol. The second kappa shape index (κ2) is 11.6. The maximum Gasteiger partial charge on any atom is 0.255 e. The van der Waals surface area contributed by atoms with Crippen LogP contribution in [0.25, 0.3) is 56.1 Å². The van der Waals surface area contributed by atoms with E-state index in [-0.39, 0.29) is 12.5 Å². The van der Waals surface area contributed by atoms with Crippen LogP contribution in [-0.4, -0.2) is 55.7 Å². The maximum atomic E-state index is 14.6. The van der Waals surface area contributed by atoms with E-state index in [1.165, 1.54) is 12.1 Å². The lowest BCUT2D eigenvalue weighted by atomic mass is 10.0. The number of hydrogen-bond donors (Lipinski definition) is 4. The molecule has 5 aromatic heterocycles. The van der Waals surface area contributed by atoms with Crippen molar-refractivity contribution >= 4 is 43.8 Å². The van der Waals surface area contributed by atoms with Crippen LogP contribution in [0.4, 0.5) is 10.1 Å². The largest absolute Gasteiger partial charge is 0.321 e. The number of carbonyl (C=O) groups is 1. The van der Waals surface area contributed by atoms with Crippen LogP contribution in [0.2, 0.25) is 0 Å². The lowest BCUT2D eigenvalue weighted by Gasteiger charge is -2.08. The fourth-order valence-electron chi connectivity index (χ4n) is 5.04. The average Bonchev–Trinajstić information content (AvgIpc) is 3.68. The molecule has 0 bridgehead atoms. The number of rotatable bonds is 8. The highest BCUT2D eigenvalue weighted by Crippen LogP contribution is 2.32. The van der Waals surface area contributed by atoms with Crippen LogP contribution in [0.3, 0.4) is 0 Å². The average molecular weight is 634 g/mol. The van der Waals surface area contributed by atoms with Crippen molar-refractivity contribution in [3.8, 4) is 33.9 Å². The van der Waals surface area contributed by atoms with Gasteiger partial charge in [0.1, 0.15) is 16.9 Å². The molecule has 0 aliphatic carbocycles. The summed E-state index contributed by atoms with van der Waals surface area (Å²) in [5.41, 5.74) is 6.47. The Morgan fingerprint density at radius 1 is 0.935 bits per heavy atom. The zero-order chi connectivity index (χ0) is 31.8. The third-order valence-corrected chi connectivity index (χ3v) is 7.82. The van der Waals surface area contributed by atoms with E-state index >= 15 is 0 Å². The topological polar surface area (TPSA) is 171 Å². The summed E-state index contributed by atoms with van der Waals surface area (Å²) in [6, 6.07) is 20.4. The maximum absolute atomic E-state index is 14.6. The third-order valence-electron chi connectivity index (χ3n) is 7.15. The molecule has 14 heteroatoms. The summed E-state index contributed by atoms with van der Waals surface area (Å²) in [7, 11) is -3.46. The molecule has 12 nitrogen and oxygen atoms in total. The highest BCUT2D eigenvalue weighted by Gasteiger charge is 2.18. The highest BCUT2D eigenvalue weighted by atomic mass is 32.2. The fraction of sp³-hybridized carbons (Fsp3) is 0.0625. The quantitative estimate of drug-likeness (QED) is 0.180. The number of H-pyrrole nitrogens is 2. The van der Waals surface area contributed by atoms with E-state index in [4.69, 9.17) is 9.97 Å². The van der Waals surface area contributed by atoms with Gasteiger partial charge in [-0.25, -0.2) is 32.5 Å². The Morgan fingerprint density at radius 3 is 2.61 bits per heavy atom. The number of amides is 1. The van der Waals surface area contributed by atoms with Crippen LogP contribution < -0.4 is 10.0 Å². The van der Waals surface area contributed by atoms with Gasteiger partial charge >= 0.3 is 0 Å². The molecule has 0 aliphatic heterocycles. The van der Waals surface area contributed by atoms with E-state index in [0.29, 0.717) is 72.9 Å². The van der Waals surface area contributed by atoms with Crippen molar-refractivity contribution in [2.75, 3.05) is 11.6 Å². The van der Waals surface area contributed by atoms with E-state index < -0.39 is 15.8 Å². The number of benzene rings is 2. The first-order valence-corrected chi connectivity index (χ1v) is 15.9. The van der Waals surface area contributed by atoms with Crippen LogP contribution in [0.5, 0.6) is 0 Å². The first kappa shape index (κ1) is 28.9. The van der Waals surface area contributed by atoms with Crippen molar-refractivity contribution < 1.29 is 17.6 Å². The second-order valence-corrected chi connectivity index (χ2v) is 12.4. The van der Waals surface area contributed by atoms with Crippen molar-refractivity contribution in [2.45, 2.75) is 6.54 Å². The molecule has 0 saturated heterocycles. The van der Waals surface area contributed by atoms with Crippen molar-refractivity contribution in [2.24, 2.45) is 0 Å². The predicted octanol–water partition coefficient (Wildman–Crippen LogP) is 5.07. The zero-order valence-corrected chi connectivity index (χ0v) is 24.9. The van der Waals surface area contributed by atoms with Crippen LogP contribution in [0, 0.1) is 5.82 Å². The summed E-state index contributed by atoms with van der Waals surface area (Å²) >= 11 is 0. The van der Waals surface area contributed by atoms with Gasteiger partial charge in [-0.2, -0.15) is 5.10 Å². The van der Waals surface area contributed by atoms with Gasteiger partial charge in [0.15, 0.2) is 17.2 Å². The number of halogens is 1. The molecule has 0 unspecified atom stereocenters. The Morgan fingerprint density at radius 2 is 1.78 bits per heavy atom. The van der Waals surface area contributed by atoms with Crippen molar-refractivity contribution in [1.29, 1.82) is 0 Å². The molecule has 0 atom stereocenters. The number of aromatic nitrogens is 7. The monoisotopic (exact) mass is 633 g/mol. The van der Waals surface area contributed by atoms with Gasteiger partial charge in [0.05, 0.1) is 29.4 Å². The molecule has 228 valence electrons. The Kier molecular flexibility index (Phi) is 7.27. The van der Waals surface area contributed by atoms with Gasteiger partial charge < -0.3 is 10.3 Å². The van der Waals surface area contributed by atoms with Crippen LogP contribution in [0.1, 0.15) is 15.9 Å². The Hall–Kier alpha value is -5.86. The highest BCUT2D eigenvalue weighted by molar-refractivity contribution is 7.88. The minimum absolute atomic E-state index is 0.0608. The molecule has 4 N–H and O–H groups in total. The summed E-state index contributed by atoms with van der Waals surface area (Å²) < 4.78 is 40.1. The minimum atomic E-state index is -3.46. The standard InChI is InChI=1S/C32H24FN9O3S/c1-46(44,45)36-15-18-11-20(13-22(33)12-18)24-9-10-35-30-27(24)39-31(40-30)29-28-26(41-42-29)8-7-25(38-28)21-14-23(17-34-16-21)37-32(43)19-5-3-2-4-6-19/h2-14,16-17,36H,15H2,1H3,(H,37,43)(H,41,42)(H,35,39,40). The number of hydrogen-bond acceptors (Lipinski definition) is 8. The lowest BCUT2D eigenvalue weighted by molar-refractivity contribution is 0.102. The smallest absolute Gasteiger partial charge is 0.255 e. The van der Waals surface area contributed by atoms with Crippen LogP contribution >= 0.6 is 0 Å². The fourth-order valence-corrected chi connectivity index (χ4v) is 5.47. The molecule has 0 spiro atoms. The number of imidazole rings is 1. The van der Waals surface area contributed by atoms with E-state index in [1.807, 2.05) is 18.2 Å². The van der Waals surface area contributed by atoms with Gasteiger partial charge in [0.25, 0.3) is 5.91 Å². The number of nitrogens with one attached hydrogen (secondary N) is 4. The van der Waals surface area contributed by atoms with Gasteiger partial charge in [-0.1, -0.05) is 18.2 Å². The Bertz CT molecular complexity index is 2370. The minimum Gasteiger partial charge on any atom is -0.321 e. The number of anilines is 1. The predicted molar refractivity (Wildman–Crippen MR) is 171 cm³/mol. The van der Waals surface area contributed by atoms with Gasteiger partial charge in [-0.15, -0.1) is 0 Å². The van der Waals surface area contributed by atoms with Gasteiger partial charge in [-0.3, -0.25) is 14.9 Å². The summed E-state index contributed by atoms with van der Waals surface area (Å²) in [6.07, 6.45) is 5.84. The molecule has 5 heterocycles. The van der Waals surface area contributed by atoms with E-state index in [2.05, 4.69) is 35.2 Å². The lowest BCUT2D eigenvalue weighted by Crippen LogP contribution is -2.21. The molecule has 0 radical (unpaired) electrons. The molecule has 2 aromatic carbocycles. The first-order chi connectivity index (χ1) is 22.2. The van der Waals surface area contributed by atoms with Gasteiger partial charge in [0, 0.05) is 35.6 Å². The third kappa shape index (κ3) is 5.94. The number of sulfonamides is 1. The van der Waals surface area contributed by atoms with Crippen molar-refractivity contribution in [3.05, 3.63) is 108 Å². The second-order valence-electron chi connectivity index (χ2n) is 10.5. The number of pyridine rings is 3. The molecule has 0 fully saturated rings. The van der Waals surface area contributed by atoms with E-state index in [9.17, 15) is 17.6 Å². The molecular formula is C32H24FN9O3S. The Balaban J connectivity index is 1.22. The normalized spacial score (nSPS) is 11.7. The summed E-state index contributed by atoms with van der Waals surface area (Å²) in [5, 5.41) is 10.3. The molecule has 0 aliphatic rings. The molecule has 1 amide bonds. The van der Waals surface area contributed by atoms with E-state index in [1.54, 1.807) is 61.1 Å². The van der Waals surface area contributed by atoms with Gasteiger partial charge in [-0.05, 0) is 65.7 Å². The molecule has 7 rings (SSSR count). The number of fused-ring (bicyclic) bond motifs is 2. The van der Waals surface area contributed by atoms with Gasteiger partial charge in [0.2, 0.25) is 10.0 Å². The number of aromatic amines is 2. The summed E-state index contributed by atoms with van der Waals surface area (Å²) in [6.45, 7) is -0.0608. The van der Waals surface area contributed by atoms with Crippen LogP contribution in [-0.2, 0) is 16.6 Å². The Labute approximate surface area is 261 Å². The summed E-state index contributed by atoms with van der Waals surface area (Å²) in [5.74, 6) is -0.377. The molecule has 0 saturated carbocycles.